The van der Waals surface area contributed by atoms with E-state index in [1.165, 1.54) is 13.3 Å². The molecule has 78 valence electrons. The standard InChI is InChI=1S/C10H15NO3/c1-11(2)6-8(10(13)14-3)9(12)7-4-5-7/h6-7H,4-5H2,1-3H3/b8-6+. The number of Topliss-reactive ketones (excluding diaryl/α,β-unsaturated/α-hetero) is 1. The molecule has 1 aliphatic rings. The number of hydrogen-bond donors (Lipinski definition) is 0. The predicted molar refractivity (Wildman–Crippen MR) is 51.5 cm³/mol. The number of methoxy groups -OCH3 is 1. The van der Waals surface area contributed by atoms with Crippen LogP contribution in [-0.2, 0) is 14.3 Å². The molecule has 0 radical (unpaired) electrons. The van der Waals surface area contributed by atoms with E-state index in [-0.39, 0.29) is 17.3 Å². The highest BCUT2D eigenvalue weighted by Crippen LogP contribution is 2.32. The molecule has 1 rings (SSSR count). The van der Waals surface area contributed by atoms with Crippen molar-refractivity contribution in [2.75, 3.05) is 21.2 Å². The van der Waals surface area contributed by atoms with Gasteiger partial charge in [-0.1, -0.05) is 0 Å². The van der Waals surface area contributed by atoms with Gasteiger partial charge in [0.05, 0.1) is 7.11 Å². The maximum Gasteiger partial charge on any atom is 0.342 e. The van der Waals surface area contributed by atoms with Crippen molar-refractivity contribution in [3.05, 3.63) is 11.8 Å². The molecule has 4 heteroatoms. The molecule has 0 bridgehead atoms. The fourth-order valence-electron chi connectivity index (χ4n) is 1.15. The fraction of sp³-hybridized carbons (Fsp3) is 0.600. The molecule has 0 unspecified atom stereocenters. The summed E-state index contributed by atoms with van der Waals surface area (Å²) in [5, 5.41) is 0. The minimum atomic E-state index is -0.546. The second-order valence-corrected chi connectivity index (χ2v) is 3.64. The zero-order valence-electron chi connectivity index (χ0n) is 8.74. The number of hydrogen-bond acceptors (Lipinski definition) is 4. The molecule has 14 heavy (non-hydrogen) atoms. The van der Waals surface area contributed by atoms with E-state index in [0.29, 0.717) is 0 Å². The molecule has 0 N–H and O–H groups in total. The van der Waals surface area contributed by atoms with Crippen molar-refractivity contribution in [1.82, 2.24) is 4.90 Å². The van der Waals surface area contributed by atoms with Gasteiger partial charge >= 0.3 is 5.97 Å². The Labute approximate surface area is 83.5 Å². The molecule has 4 nitrogen and oxygen atoms in total. The summed E-state index contributed by atoms with van der Waals surface area (Å²) in [6, 6.07) is 0. The van der Waals surface area contributed by atoms with Gasteiger partial charge in [-0.15, -0.1) is 0 Å². The van der Waals surface area contributed by atoms with Crippen LogP contribution in [0.1, 0.15) is 12.8 Å². The number of carbonyl (C=O) groups excluding carboxylic acids is 2. The Balaban J connectivity index is 2.80. The molecular formula is C10H15NO3. The van der Waals surface area contributed by atoms with Crippen molar-refractivity contribution in [2.45, 2.75) is 12.8 Å². The van der Waals surface area contributed by atoms with Crippen molar-refractivity contribution in [3.8, 4) is 0 Å². The van der Waals surface area contributed by atoms with Gasteiger partial charge in [0, 0.05) is 26.2 Å². The van der Waals surface area contributed by atoms with Crippen LogP contribution >= 0.6 is 0 Å². The summed E-state index contributed by atoms with van der Waals surface area (Å²) in [4.78, 5) is 24.6. The smallest absolute Gasteiger partial charge is 0.342 e. The molecule has 0 aromatic heterocycles. The molecular weight excluding hydrogens is 182 g/mol. The number of carbonyl (C=O) groups is 2. The van der Waals surface area contributed by atoms with Crippen LogP contribution in [0.3, 0.4) is 0 Å². The van der Waals surface area contributed by atoms with E-state index in [2.05, 4.69) is 4.74 Å². The molecule has 0 atom stereocenters. The lowest BCUT2D eigenvalue weighted by molar-refractivity contribution is -0.138. The van der Waals surface area contributed by atoms with Crippen LogP contribution in [0.25, 0.3) is 0 Å². The Hall–Kier alpha value is -1.32. The molecule has 0 saturated heterocycles. The zero-order chi connectivity index (χ0) is 10.7. The first-order valence-corrected chi connectivity index (χ1v) is 4.57. The van der Waals surface area contributed by atoms with Crippen LogP contribution in [0, 0.1) is 5.92 Å². The summed E-state index contributed by atoms with van der Waals surface area (Å²) in [6.45, 7) is 0. The minimum absolute atomic E-state index is 0.0419. The highest BCUT2D eigenvalue weighted by atomic mass is 16.5. The molecule has 0 aromatic rings. The van der Waals surface area contributed by atoms with Crippen LogP contribution in [0.4, 0.5) is 0 Å². The first-order valence-electron chi connectivity index (χ1n) is 4.57. The second kappa shape index (κ2) is 4.26. The highest BCUT2D eigenvalue weighted by molar-refractivity contribution is 6.18. The Bertz CT molecular complexity index is 277. The molecule has 0 amide bonds. The van der Waals surface area contributed by atoms with Gasteiger partial charge in [-0.3, -0.25) is 4.79 Å². The van der Waals surface area contributed by atoms with Crippen molar-refractivity contribution in [1.29, 1.82) is 0 Å². The summed E-state index contributed by atoms with van der Waals surface area (Å²) in [6.07, 6.45) is 3.30. The van der Waals surface area contributed by atoms with Crippen LogP contribution in [0.15, 0.2) is 11.8 Å². The molecule has 0 heterocycles. The Kier molecular flexibility index (Phi) is 3.28. The Morgan fingerprint density at radius 1 is 1.36 bits per heavy atom. The van der Waals surface area contributed by atoms with Gasteiger partial charge in [-0.2, -0.15) is 0 Å². The van der Waals surface area contributed by atoms with Gasteiger partial charge in [-0.25, -0.2) is 4.79 Å². The fourth-order valence-corrected chi connectivity index (χ4v) is 1.15. The van der Waals surface area contributed by atoms with Gasteiger partial charge in [0.2, 0.25) is 0 Å². The Morgan fingerprint density at radius 3 is 2.29 bits per heavy atom. The van der Waals surface area contributed by atoms with Gasteiger partial charge in [0.15, 0.2) is 5.78 Å². The van der Waals surface area contributed by atoms with Crippen molar-refractivity contribution < 1.29 is 14.3 Å². The van der Waals surface area contributed by atoms with Crippen LogP contribution in [0.2, 0.25) is 0 Å². The van der Waals surface area contributed by atoms with E-state index >= 15 is 0 Å². The first kappa shape index (κ1) is 10.8. The topological polar surface area (TPSA) is 46.6 Å². The van der Waals surface area contributed by atoms with E-state index < -0.39 is 5.97 Å². The maximum absolute atomic E-state index is 11.6. The van der Waals surface area contributed by atoms with Crippen molar-refractivity contribution >= 4 is 11.8 Å². The van der Waals surface area contributed by atoms with E-state index in [4.69, 9.17) is 0 Å². The largest absolute Gasteiger partial charge is 0.465 e. The van der Waals surface area contributed by atoms with Gasteiger partial charge < -0.3 is 9.64 Å². The lowest BCUT2D eigenvalue weighted by Crippen LogP contribution is -2.19. The summed E-state index contributed by atoms with van der Waals surface area (Å²) in [5.41, 5.74) is 0.153. The number of rotatable bonds is 4. The highest BCUT2D eigenvalue weighted by Gasteiger charge is 2.34. The Morgan fingerprint density at radius 2 is 1.93 bits per heavy atom. The van der Waals surface area contributed by atoms with E-state index in [0.717, 1.165) is 12.8 Å². The average molecular weight is 197 g/mol. The van der Waals surface area contributed by atoms with E-state index in [1.54, 1.807) is 19.0 Å². The second-order valence-electron chi connectivity index (χ2n) is 3.64. The SMILES string of the molecule is COC(=O)/C(=C/N(C)C)C(=O)C1CC1. The summed E-state index contributed by atoms with van der Waals surface area (Å²) in [5.74, 6) is -0.596. The maximum atomic E-state index is 11.6. The van der Waals surface area contributed by atoms with Crippen molar-refractivity contribution in [3.63, 3.8) is 0 Å². The van der Waals surface area contributed by atoms with Gasteiger partial charge in [0.25, 0.3) is 0 Å². The molecule has 0 aliphatic heterocycles. The zero-order valence-corrected chi connectivity index (χ0v) is 8.74. The quantitative estimate of drug-likeness (QED) is 0.286. The third-order valence-electron chi connectivity index (χ3n) is 2.01. The van der Waals surface area contributed by atoms with E-state index in [1.807, 2.05) is 0 Å². The normalized spacial score (nSPS) is 16.4. The first-order chi connectivity index (χ1) is 6.56. The van der Waals surface area contributed by atoms with Crippen molar-refractivity contribution in [2.24, 2.45) is 5.92 Å². The third-order valence-corrected chi connectivity index (χ3v) is 2.01. The van der Waals surface area contributed by atoms with E-state index in [9.17, 15) is 9.59 Å². The monoisotopic (exact) mass is 197 g/mol. The summed E-state index contributed by atoms with van der Waals surface area (Å²) < 4.78 is 4.56. The predicted octanol–water partition coefficient (Wildman–Crippen LogP) is 0.584. The average Bonchev–Trinajstić information content (AvgIpc) is 2.94. The van der Waals surface area contributed by atoms with Crippen LogP contribution in [-0.4, -0.2) is 37.9 Å². The number of esters is 1. The lowest BCUT2D eigenvalue weighted by atomic mass is 10.1. The molecule has 0 spiro atoms. The van der Waals surface area contributed by atoms with Crippen LogP contribution in [0.5, 0.6) is 0 Å². The third kappa shape index (κ3) is 2.58. The van der Waals surface area contributed by atoms with Crippen LogP contribution < -0.4 is 0 Å². The number of nitrogens with zero attached hydrogens (tertiary/aromatic N) is 1. The van der Waals surface area contributed by atoms with Gasteiger partial charge in [0.1, 0.15) is 5.57 Å². The molecule has 0 aromatic carbocycles. The molecule has 1 saturated carbocycles. The number of ether oxygens (including phenoxy) is 1. The summed E-state index contributed by atoms with van der Waals surface area (Å²) >= 11 is 0. The number of ketones is 1. The van der Waals surface area contributed by atoms with Gasteiger partial charge in [-0.05, 0) is 12.8 Å². The molecule has 1 fully saturated rings. The lowest BCUT2D eigenvalue weighted by Gasteiger charge is -2.08. The summed E-state index contributed by atoms with van der Waals surface area (Å²) in [7, 11) is 4.82. The minimum Gasteiger partial charge on any atom is -0.465 e. The molecule has 1 aliphatic carbocycles.